The molecular weight excluding hydrogens is 292 g/mol. The van der Waals surface area contributed by atoms with E-state index in [0.29, 0.717) is 35.8 Å². The van der Waals surface area contributed by atoms with Crippen molar-refractivity contribution in [3.8, 4) is 11.5 Å². The summed E-state index contributed by atoms with van der Waals surface area (Å²) in [6.07, 6.45) is 2.40. The normalized spacial score (nSPS) is 10.6. The number of aromatic nitrogens is 1. The van der Waals surface area contributed by atoms with E-state index >= 15 is 0 Å². The Labute approximate surface area is 135 Å². The van der Waals surface area contributed by atoms with Crippen LogP contribution in [0.25, 0.3) is 0 Å². The number of benzene rings is 1. The van der Waals surface area contributed by atoms with E-state index in [4.69, 9.17) is 26.4 Å². The summed E-state index contributed by atoms with van der Waals surface area (Å²) in [7, 11) is 0. The zero-order valence-corrected chi connectivity index (χ0v) is 13.4. The van der Waals surface area contributed by atoms with Gasteiger partial charge in [0.05, 0.1) is 18.4 Å². The number of pyridine rings is 1. The van der Waals surface area contributed by atoms with Gasteiger partial charge in [-0.25, -0.2) is 0 Å². The smallest absolute Gasteiger partial charge is 0.146 e. The summed E-state index contributed by atoms with van der Waals surface area (Å²) in [6, 6.07) is 9.12. The zero-order valence-electron chi connectivity index (χ0n) is 13.4. The summed E-state index contributed by atoms with van der Waals surface area (Å²) in [5.41, 5.74) is 13.3. The molecule has 0 spiro atoms. The highest BCUT2D eigenvalue weighted by molar-refractivity contribution is 6.01. The van der Waals surface area contributed by atoms with Crippen LogP contribution in [0.2, 0.25) is 0 Å². The van der Waals surface area contributed by atoms with E-state index in [1.165, 1.54) is 0 Å². The molecule has 1 heterocycles. The summed E-state index contributed by atoms with van der Waals surface area (Å²) < 4.78 is 11.4. The second-order valence-electron chi connectivity index (χ2n) is 5.38. The standard InChI is InChI=1S/C17H22N4O2/c1-11(2)23-13-9-14(17(19)20)16(18)15(10-13)22-8-6-12-5-3-4-7-21-12/h3-5,7,9-11H,6,8,18H2,1-2H3,(H3,19,20). The lowest BCUT2D eigenvalue weighted by molar-refractivity contribution is 0.240. The molecule has 1 aromatic carbocycles. The van der Waals surface area contributed by atoms with E-state index in [1.807, 2.05) is 32.0 Å². The molecule has 0 aliphatic carbocycles. The second kappa shape index (κ2) is 7.49. The van der Waals surface area contributed by atoms with Crippen molar-refractivity contribution in [1.82, 2.24) is 4.98 Å². The third-order valence-electron chi connectivity index (χ3n) is 3.12. The molecule has 0 saturated heterocycles. The molecular formula is C17H22N4O2. The Kier molecular flexibility index (Phi) is 5.41. The van der Waals surface area contributed by atoms with Crippen LogP contribution in [0, 0.1) is 5.41 Å². The quantitative estimate of drug-likeness (QED) is 0.413. The van der Waals surface area contributed by atoms with Gasteiger partial charge in [0, 0.05) is 29.9 Å². The number of anilines is 1. The molecule has 6 heteroatoms. The molecule has 1 aromatic heterocycles. The number of nitrogens with zero attached hydrogens (tertiary/aromatic N) is 1. The molecule has 0 aliphatic rings. The number of hydrogen-bond acceptors (Lipinski definition) is 5. The fourth-order valence-electron chi connectivity index (χ4n) is 2.10. The molecule has 0 atom stereocenters. The van der Waals surface area contributed by atoms with Crippen molar-refractivity contribution in [1.29, 1.82) is 5.41 Å². The number of nitrogens with two attached hydrogens (primary N) is 2. The molecule has 6 nitrogen and oxygen atoms in total. The molecule has 0 fully saturated rings. The van der Waals surface area contributed by atoms with Crippen LogP contribution < -0.4 is 20.9 Å². The fourth-order valence-corrected chi connectivity index (χ4v) is 2.10. The van der Waals surface area contributed by atoms with Crippen LogP contribution in [0.4, 0.5) is 5.69 Å². The third-order valence-corrected chi connectivity index (χ3v) is 3.12. The molecule has 0 saturated carbocycles. The summed E-state index contributed by atoms with van der Waals surface area (Å²) in [4.78, 5) is 4.24. The first-order chi connectivity index (χ1) is 11.0. The molecule has 0 radical (unpaired) electrons. The number of rotatable bonds is 7. The average molecular weight is 314 g/mol. The largest absolute Gasteiger partial charge is 0.491 e. The van der Waals surface area contributed by atoms with Crippen molar-refractivity contribution in [2.75, 3.05) is 12.3 Å². The topological polar surface area (TPSA) is 107 Å². The molecule has 0 amide bonds. The highest BCUT2D eigenvalue weighted by Crippen LogP contribution is 2.31. The molecule has 122 valence electrons. The minimum absolute atomic E-state index is 0.000184. The van der Waals surface area contributed by atoms with Gasteiger partial charge in [0.15, 0.2) is 0 Å². The van der Waals surface area contributed by atoms with Crippen molar-refractivity contribution in [2.45, 2.75) is 26.4 Å². The first-order valence-electron chi connectivity index (χ1n) is 7.44. The Balaban J connectivity index is 2.15. The lowest BCUT2D eigenvalue weighted by Crippen LogP contribution is -2.16. The highest BCUT2D eigenvalue weighted by Gasteiger charge is 2.13. The second-order valence-corrected chi connectivity index (χ2v) is 5.38. The summed E-state index contributed by atoms with van der Waals surface area (Å²) >= 11 is 0. The van der Waals surface area contributed by atoms with Gasteiger partial charge in [-0.3, -0.25) is 10.4 Å². The molecule has 0 aliphatic heterocycles. The summed E-state index contributed by atoms with van der Waals surface area (Å²) in [6.45, 7) is 4.26. The SMILES string of the molecule is CC(C)Oc1cc(OCCc2ccccn2)c(N)c(C(=N)N)c1. The van der Waals surface area contributed by atoms with Crippen LogP contribution in [0.5, 0.6) is 11.5 Å². The van der Waals surface area contributed by atoms with Crippen molar-refractivity contribution in [2.24, 2.45) is 5.73 Å². The Bertz CT molecular complexity index is 672. The lowest BCUT2D eigenvalue weighted by atomic mass is 10.1. The highest BCUT2D eigenvalue weighted by atomic mass is 16.5. The number of hydrogen-bond donors (Lipinski definition) is 3. The van der Waals surface area contributed by atoms with E-state index in [0.717, 1.165) is 5.69 Å². The van der Waals surface area contributed by atoms with E-state index in [2.05, 4.69) is 4.98 Å². The van der Waals surface area contributed by atoms with E-state index in [9.17, 15) is 0 Å². The van der Waals surface area contributed by atoms with E-state index in [-0.39, 0.29) is 11.9 Å². The maximum absolute atomic E-state index is 7.64. The van der Waals surface area contributed by atoms with E-state index in [1.54, 1.807) is 18.3 Å². The molecule has 5 N–H and O–H groups in total. The maximum Gasteiger partial charge on any atom is 0.146 e. The number of nitrogens with one attached hydrogen (secondary N) is 1. The Morgan fingerprint density at radius 1 is 1.30 bits per heavy atom. The van der Waals surface area contributed by atoms with Crippen LogP contribution in [0.3, 0.4) is 0 Å². The van der Waals surface area contributed by atoms with E-state index < -0.39 is 0 Å². The third kappa shape index (κ3) is 4.60. The van der Waals surface area contributed by atoms with Gasteiger partial charge in [-0.1, -0.05) is 6.07 Å². The predicted octanol–water partition coefficient (Wildman–Crippen LogP) is 2.36. The van der Waals surface area contributed by atoms with Crippen LogP contribution in [-0.4, -0.2) is 23.5 Å². The molecule has 2 rings (SSSR count). The first kappa shape index (κ1) is 16.6. The Hall–Kier alpha value is -2.76. The summed E-state index contributed by atoms with van der Waals surface area (Å²) in [5, 5.41) is 7.64. The van der Waals surface area contributed by atoms with Crippen molar-refractivity contribution >= 4 is 11.5 Å². The monoisotopic (exact) mass is 314 g/mol. The van der Waals surface area contributed by atoms with Gasteiger partial charge < -0.3 is 20.9 Å². The van der Waals surface area contributed by atoms with Crippen LogP contribution in [0.1, 0.15) is 25.1 Å². The van der Waals surface area contributed by atoms with Crippen molar-refractivity contribution < 1.29 is 9.47 Å². The van der Waals surface area contributed by atoms with Gasteiger partial charge in [0.1, 0.15) is 17.3 Å². The average Bonchev–Trinajstić information content (AvgIpc) is 2.50. The van der Waals surface area contributed by atoms with Crippen LogP contribution in [0.15, 0.2) is 36.5 Å². The van der Waals surface area contributed by atoms with Gasteiger partial charge in [-0.15, -0.1) is 0 Å². The number of ether oxygens (including phenoxy) is 2. The van der Waals surface area contributed by atoms with Gasteiger partial charge >= 0.3 is 0 Å². The minimum Gasteiger partial charge on any atom is -0.491 e. The minimum atomic E-state index is -0.119. The van der Waals surface area contributed by atoms with Gasteiger partial charge in [0.2, 0.25) is 0 Å². The summed E-state index contributed by atoms with van der Waals surface area (Å²) in [5.74, 6) is 0.919. The van der Waals surface area contributed by atoms with Gasteiger partial charge in [-0.05, 0) is 32.0 Å². The first-order valence-corrected chi connectivity index (χ1v) is 7.44. The lowest BCUT2D eigenvalue weighted by Gasteiger charge is -2.16. The Morgan fingerprint density at radius 2 is 2.09 bits per heavy atom. The zero-order chi connectivity index (χ0) is 16.8. The fraction of sp³-hybridized carbons (Fsp3) is 0.294. The van der Waals surface area contributed by atoms with Crippen LogP contribution >= 0.6 is 0 Å². The molecule has 2 aromatic rings. The molecule has 23 heavy (non-hydrogen) atoms. The Morgan fingerprint density at radius 3 is 2.70 bits per heavy atom. The maximum atomic E-state index is 7.64. The van der Waals surface area contributed by atoms with Crippen LogP contribution in [-0.2, 0) is 6.42 Å². The predicted molar refractivity (Wildman–Crippen MR) is 91.1 cm³/mol. The van der Waals surface area contributed by atoms with Gasteiger partial charge in [0.25, 0.3) is 0 Å². The van der Waals surface area contributed by atoms with Gasteiger partial charge in [-0.2, -0.15) is 0 Å². The van der Waals surface area contributed by atoms with Crippen molar-refractivity contribution in [3.05, 3.63) is 47.8 Å². The van der Waals surface area contributed by atoms with Crippen molar-refractivity contribution in [3.63, 3.8) is 0 Å². The molecule has 0 unspecified atom stereocenters. The number of amidine groups is 1. The molecule has 0 bridgehead atoms. The number of nitrogen functional groups attached to an aromatic ring is 2.